The zero-order chi connectivity index (χ0) is 13.5. The number of hydrogen-bond donors (Lipinski definition) is 0. The van der Waals surface area contributed by atoms with Gasteiger partial charge in [-0.05, 0) is 60.8 Å². The fourth-order valence-corrected chi connectivity index (χ4v) is 2.77. The summed E-state index contributed by atoms with van der Waals surface area (Å²) in [5.74, 6) is 1.04. The third-order valence-corrected chi connectivity index (χ3v) is 4.14. The number of carbonyl (C=O) groups excluding carboxylic acids is 1. The van der Waals surface area contributed by atoms with E-state index >= 15 is 0 Å². The van der Waals surface area contributed by atoms with Crippen LogP contribution in [-0.2, 0) is 0 Å². The van der Waals surface area contributed by atoms with Gasteiger partial charge in [0.05, 0.1) is 0 Å². The normalized spacial score (nSPS) is 18.0. The molecule has 0 aromatic carbocycles. The van der Waals surface area contributed by atoms with Crippen LogP contribution in [0.15, 0.2) is 36.7 Å². The molecule has 20 heavy (non-hydrogen) atoms. The summed E-state index contributed by atoms with van der Waals surface area (Å²) in [6, 6.07) is 7.92. The van der Waals surface area contributed by atoms with Crippen LogP contribution in [0.5, 0.6) is 0 Å². The van der Waals surface area contributed by atoms with Crippen LogP contribution >= 0.6 is 0 Å². The van der Waals surface area contributed by atoms with Crippen molar-refractivity contribution in [2.45, 2.75) is 37.5 Å². The number of nitrogens with zero attached hydrogens (tertiary/aromatic N) is 2. The van der Waals surface area contributed by atoms with Crippen LogP contribution in [0.2, 0.25) is 0 Å². The van der Waals surface area contributed by atoms with Crippen molar-refractivity contribution in [2.24, 2.45) is 0 Å². The maximum Gasteiger partial charge on any atom is 0.230 e. The second-order valence-electron chi connectivity index (χ2n) is 5.76. The van der Waals surface area contributed by atoms with Gasteiger partial charge in [-0.3, -0.25) is 14.8 Å². The number of pyridine rings is 2. The Hall–Kier alpha value is -2.03. The maximum atomic E-state index is 12.8. The largest absolute Gasteiger partial charge is 0.285 e. The molecule has 3 heteroatoms. The molecule has 0 aliphatic heterocycles. The fraction of sp³-hybridized carbons (Fsp3) is 0.353. The van der Waals surface area contributed by atoms with Gasteiger partial charge in [-0.2, -0.15) is 0 Å². The molecule has 0 N–H and O–H groups in total. The predicted octanol–water partition coefficient (Wildman–Crippen LogP) is 3.46. The van der Waals surface area contributed by atoms with E-state index in [1.165, 1.54) is 25.7 Å². The highest BCUT2D eigenvalue weighted by Gasteiger charge is 2.32. The molecule has 2 fully saturated rings. The Kier molecular flexibility index (Phi) is 2.66. The Morgan fingerprint density at radius 2 is 1.30 bits per heavy atom. The standard InChI is InChI=1S/C17H16N2O/c20-17(15-13(11-5-6-11)3-1-9-18-15)16-14(12-7-8-12)4-2-10-19-16/h1-4,9-12H,5-8H2. The van der Waals surface area contributed by atoms with E-state index in [0.717, 1.165) is 11.1 Å². The van der Waals surface area contributed by atoms with Crippen molar-refractivity contribution < 1.29 is 4.79 Å². The summed E-state index contributed by atoms with van der Waals surface area (Å²) >= 11 is 0. The number of ketones is 1. The van der Waals surface area contributed by atoms with Crippen LogP contribution in [-0.4, -0.2) is 15.8 Å². The van der Waals surface area contributed by atoms with Crippen LogP contribution in [0.3, 0.4) is 0 Å². The van der Waals surface area contributed by atoms with Gasteiger partial charge in [-0.15, -0.1) is 0 Å². The number of aromatic nitrogens is 2. The smallest absolute Gasteiger partial charge is 0.230 e. The number of carbonyl (C=O) groups is 1. The van der Waals surface area contributed by atoms with Crippen molar-refractivity contribution in [2.75, 3.05) is 0 Å². The first-order chi connectivity index (χ1) is 9.84. The van der Waals surface area contributed by atoms with Crippen molar-refractivity contribution in [3.05, 3.63) is 59.2 Å². The highest BCUT2D eigenvalue weighted by Crippen LogP contribution is 2.43. The monoisotopic (exact) mass is 264 g/mol. The molecular formula is C17H16N2O. The van der Waals surface area contributed by atoms with E-state index in [-0.39, 0.29) is 5.78 Å². The summed E-state index contributed by atoms with van der Waals surface area (Å²) in [6.07, 6.45) is 8.10. The summed E-state index contributed by atoms with van der Waals surface area (Å²) in [7, 11) is 0. The average molecular weight is 264 g/mol. The lowest BCUT2D eigenvalue weighted by Gasteiger charge is -2.09. The first-order valence-corrected chi connectivity index (χ1v) is 7.29. The zero-order valence-electron chi connectivity index (χ0n) is 11.2. The van der Waals surface area contributed by atoms with Gasteiger partial charge >= 0.3 is 0 Å². The highest BCUT2D eigenvalue weighted by molar-refractivity contribution is 6.08. The summed E-state index contributed by atoms with van der Waals surface area (Å²) in [5, 5.41) is 0. The molecule has 4 rings (SSSR count). The Morgan fingerprint density at radius 1 is 0.850 bits per heavy atom. The van der Waals surface area contributed by atoms with Crippen LogP contribution in [0, 0.1) is 0 Å². The molecule has 0 saturated heterocycles. The molecule has 0 unspecified atom stereocenters. The molecule has 2 aliphatic rings. The van der Waals surface area contributed by atoms with E-state index in [4.69, 9.17) is 0 Å². The fourth-order valence-electron chi connectivity index (χ4n) is 2.77. The van der Waals surface area contributed by atoms with E-state index in [0.29, 0.717) is 23.2 Å². The van der Waals surface area contributed by atoms with Crippen molar-refractivity contribution in [3.8, 4) is 0 Å². The van der Waals surface area contributed by atoms with Gasteiger partial charge in [0.1, 0.15) is 11.4 Å². The third kappa shape index (κ3) is 2.03. The number of hydrogen-bond acceptors (Lipinski definition) is 3. The van der Waals surface area contributed by atoms with Gasteiger partial charge < -0.3 is 0 Å². The molecule has 2 aromatic heterocycles. The van der Waals surface area contributed by atoms with E-state index in [2.05, 4.69) is 9.97 Å². The van der Waals surface area contributed by atoms with E-state index in [1.54, 1.807) is 12.4 Å². The molecule has 0 radical (unpaired) electrons. The van der Waals surface area contributed by atoms with Crippen LogP contribution in [0.25, 0.3) is 0 Å². The van der Waals surface area contributed by atoms with Gasteiger partial charge in [0.25, 0.3) is 0 Å². The summed E-state index contributed by atoms with van der Waals surface area (Å²) in [4.78, 5) is 21.5. The molecular weight excluding hydrogens is 248 g/mol. The third-order valence-electron chi connectivity index (χ3n) is 4.14. The lowest BCUT2D eigenvalue weighted by Crippen LogP contribution is -2.12. The molecule has 0 spiro atoms. The minimum absolute atomic E-state index is 0.00463. The van der Waals surface area contributed by atoms with Crippen LogP contribution in [0.1, 0.15) is 64.8 Å². The van der Waals surface area contributed by atoms with Gasteiger partial charge in [0.2, 0.25) is 5.78 Å². The van der Waals surface area contributed by atoms with Crippen LogP contribution in [0.4, 0.5) is 0 Å². The SMILES string of the molecule is O=C(c1ncccc1C1CC1)c1ncccc1C1CC1. The molecule has 100 valence electrons. The molecule has 2 heterocycles. The molecule has 2 aliphatic carbocycles. The molecule has 3 nitrogen and oxygen atoms in total. The molecule has 2 saturated carbocycles. The Balaban J connectivity index is 1.77. The molecule has 2 aromatic rings. The predicted molar refractivity (Wildman–Crippen MR) is 75.9 cm³/mol. The van der Waals surface area contributed by atoms with E-state index < -0.39 is 0 Å². The molecule has 0 amide bonds. The quantitative estimate of drug-likeness (QED) is 0.794. The number of rotatable bonds is 4. The van der Waals surface area contributed by atoms with Gasteiger partial charge in [0, 0.05) is 12.4 Å². The van der Waals surface area contributed by atoms with Crippen LogP contribution < -0.4 is 0 Å². The second kappa shape index (κ2) is 4.51. The van der Waals surface area contributed by atoms with Crippen molar-refractivity contribution >= 4 is 5.78 Å². The first-order valence-electron chi connectivity index (χ1n) is 7.29. The summed E-state index contributed by atoms with van der Waals surface area (Å²) in [5.41, 5.74) is 3.42. The van der Waals surface area contributed by atoms with Crippen molar-refractivity contribution in [1.82, 2.24) is 9.97 Å². The second-order valence-corrected chi connectivity index (χ2v) is 5.76. The van der Waals surface area contributed by atoms with E-state index in [1.807, 2.05) is 24.3 Å². The van der Waals surface area contributed by atoms with Crippen molar-refractivity contribution in [1.29, 1.82) is 0 Å². The zero-order valence-corrected chi connectivity index (χ0v) is 11.2. The minimum atomic E-state index is -0.00463. The average Bonchev–Trinajstić information content (AvgIpc) is 3.40. The summed E-state index contributed by atoms with van der Waals surface area (Å²) < 4.78 is 0. The minimum Gasteiger partial charge on any atom is -0.285 e. The van der Waals surface area contributed by atoms with Crippen molar-refractivity contribution in [3.63, 3.8) is 0 Å². The highest BCUT2D eigenvalue weighted by atomic mass is 16.1. The van der Waals surface area contributed by atoms with Gasteiger partial charge in [-0.25, -0.2) is 0 Å². The van der Waals surface area contributed by atoms with Gasteiger partial charge in [-0.1, -0.05) is 12.1 Å². The topological polar surface area (TPSA) is 42.9 Å². The Labute approximate surface area is 118 Å². The van der Waals surface area contributed by atoms with Gasteiger partial charge in [0.15, 0.2) is 0 Å². The molecule has 0 atom stereocenters. The first kappa shape index (κ1) is 11.8. The Bertz CT molecular complexity index is 615. The Morgan fingerprint density at radius 3 is 1.70 bits per heavy atom. The molecule has 0 bridgehead atoms. The lowest BCUT2D eigenvalue weighted by atomic mass is 9.99. The van der Waals surface area contributed by atoms with E-state index in [9.17, 15) is 4.79 Å². The maximum absolute atomic E-state index is 12.8. The lowest BCUT2D eigenvalue weighted by molar-refractivity contribution is 0.102. The summed E-state index contributed by atoms with van der Waals surface area (Å²) in [6.45, 7) is 0.